The average Bonchev–Trinajstić information content (AvgIpc) is 2.92. The van der Waals surface area contributed by atoms with Gasteiger partial charge in [0, 0.05) is 19.5 Å². The zero-order valence-electron chi connectivity index (χ0n) is 22.3. The van der Waals surface area contributed by atoms with Crippen molar-refractivity contribution in [3.8, 4) is 0 Å². The number of hydrogen-bond acceptors (Lipinski definition) is 5. The van der Waals surface area contributed by atoms with E-state index in [1.54, 1.807) is 24.0 Å². The Morgan fingerprint density at radius 3 is 2.11 bits per heavy atom. The Hall–Kier alpha value is -3.71. The summed E-state index contributed by atoms with van der Waals surface area (Å²) in [5.41, 5.74) is 1.98. The number of aliphatic hydroxyl groups excluding tert-OH is 1. The molecule has 2 N–H and O–H groups in total. The molecule has 0 saturated heterocycles. The molecule has 0 aliphatic heterocycles. The number of nitrogens with one attached hydrogen (secondary N) is 1. The second kappa shape index (κ2) is 16.9. The molecule has 0 aliphatic rings. The fourth-order valence-electron chi connectivity index (χ4n) is 4.13. The van der Waals surface area contributed by atoms with Crippen LogP contribution in [0.5, 0.6) is 0 Å². The van der Waals surface area contributed by atoms with Crippen LogP contribution in [0, 0.1) is 11.8 Å². The Morgan fingerprint density at radius 1 is 0.947 bits per heavy atom. The molecule has 2 aromatic rings. The quantitative estimate of drug-likeness (QED) is 0.242. The maximum atomic E-state index is 13.0. The van der Waals surface area contributed by atoms with Crippen molar-refractivity contribution in [2.24, 2.45) is 11.8 Å². The van der Waals surface area contributed by atoms with Crippen LogP contribution in [0.15, 0.2) is 86.0 Å². The summed E-state index contributed by atoms with van der Waals surface area (Å²) in [6.45, 7) is 9.69. The highest BCUT2D eigenvalue weighted by atomic mass is 16.5. The third kappa shape index (κ3) is 10.7. The van der Waals surface area contributed by atoms with Crippen LogP contribution >= 0.6 is 0 Å². The number of ether oxygens (including phenoxy) is 1. The molecule has 0 saturated carbocycles. The number of esters is 1. The minimum Gasteiger partial charge on any atom is -0.461 e. The Balaban J connectivity index is 1.91. The summed E-state index contributed by atoms with van der Waals surface area (Å²) in [4.78, 5) is 40.3. The third-order valence-electron chi connectivity index (χ3n) is 6.17. The van der Waals surface area contributed by atoms with Crippen LogP contribution in [0.4, 0.5) is 0 Å². The highest BCUT2D eigenvalue weighted by Gasteiger charge is 2.26. The van der Waals surface area contributed by atoms with Gasteiger partial charge in [-0.3, -0.25) is 14.4 Å². The number of carbonyl (C=O) groups excluding carboxylic acids is 3. The first kappa shape index (κ1) is 30.5. The van der Waals surface area contributed by atoms with E-state index in [2.05, 4.69) is 18.5 Å². The number of benzene rings is 2. The molecule has 2 amide bonds. The molecule has 0 bridgehead atoms. The summed E-state index contributed by atoms with van der Waals surface area (Å²) in [5.74, 6) is -1.85. The van der Waals surface area contributed by atoms with Crippen LogP contribution in [0.1, 0.15) is 37.3 Å². The predicted molar refractivity (Wildman–Crippen MR) is 149 cm³/mol. The van der Waals surface area contributed by atoms with Gasteiger partial charge in [-0.2, -0.15) is 0 Å². The van der Waals surface area contributed by atoms with Gasteiger partial charge in [-0.1, -0.05) is 72.8 Å². The largest absolute Gasteiger partial charge is 0.461 e. The van der Waals surface area contributed by atoms with Crippen molar-refractivity contribution in [1.29, 1.82) is 0 Å². The van der Waals surface area contributed by atoms with E-state index < -0.39 is 12.0 Å². The Kier molecular flexibility index (Phi) is 13.6. The summed E-state index contributed by atoms with van der Waals surface area (Å²) in [5, 5.41) is 12.3. The van der Waals surface area contributed by atoms with Gasteiger partial charge in [0.05, 0.1) is 25.0 Å². The first-order chi connectivity index (χ1) is 18.4. The van der Waals surface area contributed by atoms with Gasteiger partial charge in [-0.25, -0.2) is 0 Å². The molecule has 38 heavy (non-hydrogen) atoms. The van der Waals surface area contributed by atoms with Crippen molar-refractivity contribution >= 4 is 17.8 Å². The Bertz CT molecular complexity index is 1030. The average molecular weight is 521 g/mol. The second-order valence-corrected chi connectivity index (χ2v) is 9.35. The molecule has 0 aromatic heterocycles. The van der Waals surface area contributed by atoms with Crippen LogP contribution in [-0.2, 0) is 32.1 Å². The summed E-state index contributed by atoms with van der Waals surface area (Å²) in [7, 11) is 0. The molecule has 0 aliphatic carbocycles. The second-order valence-electron chi connectivity index (χ2n) is 9.35. The molecule has 0 heterocycles. The van der Waals surface area contributed by atoms with Crippen LogP contribution in [0.3, 0.4) is 0 Å². The van der Waals surface area contributed by atoms with Crippen molar-refractivity contribution in [1.82, 2.24) is 10.2 Å². The van der Waals surface area contributed by atoms with Crippen LogP contribution in [-0.4, -0.2) is 53.6 Å². The minimum atomic E-state index is -0.619. The number of rotatable bonds is 17. The molecule has 3 atom stereocenters. The summed E-state index contributed by atoms with van der Waals surface area (Å²) < 4.78 is 5.62. The predicted octanol–water partition coefficient (Wildman–Crippen LogP) is 4.07. The van der Waals surface area contributed by atoms with E-state index in [-0.39, 0.29) is 49.8 Å². The van der Waals surface area contributed by atoms with E-state index in [1.165, 1.54) is 0 Å². The molecule has 7 nitrogen and oxygen atoms in total. The SMILES string of the molecule is C=CC[C@@H](CC(=O)N(CCO)Cc1ccccc1)C(=O)NC[C@H](C)OC(=O)[C@@H](CC=C)Cc1ccccc1. The lowest BCUT2D eigenvalue weighted by molar-refractivity contribution is -0.153. The minimum absolute atomic E-state index is 0.0165. The lowest BCUT2D eigenvalue weighted by atomic mass is 9.96. The van der Waals surface area contributed by atoms with Crippen LogP contribution < -0.4 is 5.32 Å². The van der Waals surface area contributed by atoms with Gasteiger partial charge in [-0.05, 0) is 37.3 Å². The lowest BCUT2D eigenvalue weighted by Crippen LogP contribution is -2.40. The number of carbonyl (C=O) groups is 3. The summed E-state index contributed by atoms with van der Waals surface area (Å²) in [6, 6.07) is 19.2. The molecular weight excluding hydrogens is 480 g/mol. The van der Waals surface area contributed by atoms with Gasteiger partial charge in [-0.15, -0.1) is 13.2 Å². The van der Waals surface area contributed by atoms with E-state index >= 15 is 0 Å². The maximum absolute atomic E-state index is 13.0. The fraction of sp³-hybridized carbons (Fsp3) is 0.387. The smallest absolute Gasteiger partial charge is 0.309 e. The maximum Gasteiger partial charge on any atom is 0.309 e. The van der Waals surface area contributed by atoms with E-state index in [9.17, 15) is 19.5 Å². The van der Waals surface area contributed by atoms with Gasteiger partial charge in [0.25, 0.3) is 0 Å². The number of hydrogen-bond donors (Lipinski definition) is 2. The van der Waals surface area contributed by atoms with Crippen molar-refractivity contribution in [2.45, 2.75) is 45.3 Å². The molecule has 0 spiro atoms. The molecule has 2 rings (SSSR count). The standard InChI is InChI=1S/C31H40N2O5/c1-4-12-27(21-29(35)33(18-19-34)23-26-16-10-7-11-17-26)30(36)32-22-24(3)38-31(37)28(13-5-2)20-25-14-8-6-9-15-25/h4-11,14-17,24,27-28,34H,1-2,12-13,18-23H2,3H3,(H,32,36)/t24-,27-,28-/m0/s1. The highest BCUT2D eigenvalue weighted by molar-refractivity contribution is 5.86. The third-order valence-corrected chi connectivity index (χ3v) is 6.17. The van der Waals surface area contributed by atoms with Crippen molar-refractivity contribution in [3.05, 3.63) is 97.1 Å². The fourth-order valence-corrected chi connectivity index (χ4v) is 4.13. The van der Waals surface area contributed by atoms with E-state index in [1.807, 2.05) is 60.7 Å². The topological polar surface area (TPSA) is 95.9 Å². The molecule has 7 heteroatoms. The lowest BCUT2D eigenvalue weighted by Gasteiger charge is -2.25. The first-order valence-electron chi connectivity index (χ1n) is 13.0. The van der Waals surface area contributed by atoms with Crippen molar-refractivity contribution < 1.29 is 24.2 Å². The first-order valence-corrected chi connectivity index (χ1v) is 13.0. The van der Waals surface area contributed by atoms with Crippen molar-refractivity contribution in [2.75, 3.05) is 19.7 Å². The van der Waals surface area contributed by atoms with Gasteiger partial charge in [0.2, 0.25) is 11.8 Å². The van der Waals surface area contributed by atoms with Crippen LogP contribution in [0.2, 0.25) is 0 Å². The Morgan fingerprint density at radius 2 is 1.53 bits per heavy atom. The Labute approximate surface area is 226 Å². The summed E-state index contributed by atoms with van der Waals surface area (Å²) >= 11 is 0. The zero-order chi connectivity index (χ0) is 27.8. The normalized spacial score (nSPS) is 13.0. The highest BCUT2D eigenvalue weighted by Crippen LogP contribution is 2.17. The number of allylic oxidation sites excluding steroid dienone is 2. The van der Waals surface area contributed by atoms with Gasteiger partial charge in [0.1, 0.15) is 6.10 Å². The molecule has 0 fully saturated rings. The zero-order valence-corrected chi connectivity index (χ0v) is 22.3. The number of aliphatic hydroxyl groups is 1. The molecule has 204 valence electrons. The number of amides is 2. The summed E-state index contributed by atoms with van der Waals surface area (Å²) in [6.07, 6.45) is 4.11. The van der Waals surface area contributed by atoms with Gasteiger partial charge >= 0.3 is 5.97 Å². The molecule has 0 radical (unpaired) electrons. The molecular formula is C31H40N2O5. The monoisotopic (exact) mass is 520 g/mol. The van der Waals surface area contributed by atoms with Crippen molar-refractivity contribution in [3.63, 3.8) is 0 Å². The van der Waals surface area contributed by atoms with E-state index in [0.29, 0.717) is 25.8 Å². The van der Waals surface area contributed by atoms with E-state index in [0.717, 1.165) is 11.1 Å². The van der Waals surface area contributed by atoms with Gasteiger partial charge < -0.3 is 20.1 Å². The number of nitrogens with zero attached hydrogens (tertiary/aromatic N) is 1. The molecule has 0 unspecified atom stereocenters. The van der Waals surface area contributed by atoms with Crippen LogP contribution in [0.25, 0.3) is 0 Å². The van der Waals surface area contributed by atoms with Gasteiger partial charge in [0.15, 0.2) is 0 Å². The molecule has 2 aromatic carbocycles. The van der Waals surface area contributed by atoms with E-state index in [4.69, 9.17) is 4.74 Å².